The third-order valence-corrected chi connectivity index (χ3v) is 15.1. The molecular weight excluding hydrogens is 795 g/mol. The standard InChI is InChI=1S/C61H37NOS/c1-2-15-43-39(14-1)37-56(49-19-4-3-16-46(43)49)62(42-33-35-44-40(36-42)30-34-51-50-20-7-11-26-57(50)63-59(44)51)41-31-28-38(29-32-41)45-21-13-25-55-60(45)64-58-27-12-10-24-54(58)61(55)52-22-8-5-17-47(52)48-18-6-9-23-53(48)61/h1-37H. The predicted octanol–water partition coefficient (Wildman–Crippen LogP) is 17.0. The molecule has 0 amide bonds. The van der Waals surface area contributed by atoms with Gasteiger partial charge in [0.1, 0.15) is 11.2 Å². The first-order chi connectivity index (χ1) is 31.7. The minimum absolute atomic E-state index is 0.418. The number of fused-ring (bicyclic) bond motifs is 17. The Morgan fingerprint density at radius 3 is 1.78 bits per heavy atom. The van der Waals surface area contributed by atoms with Gasteiger partial charge in [0, 0.05) is 42.7 Å². The van der Waals surface area contributed by atoms with Crippen molar-refractivity contribution in [2.24, 2.45) is 0 Å². The Labute approximate surface area is 374 Å². The summed E-state index contributed by atoms with van der Waals surface area (Å²) in [7, 11) is 0. The van der Waals surface area contributed by atoms with Crippen molar-refractivity contribution >= 4 is 83.1 Å². The summed E-state index contributed by atoms with van der Waals surface area (Å²) in [6, 6.07) is 82.8. The molecule has 0 saturated heterocycles. The van der Waals surface area contributed by atoms with E-state index in [0.717, 1.165) is 49.8 Å². The average Bonchev–Trinajstić information content (AvgIpc) is 3.89. The highest BCUT2D eigenvalue weighted by Crippen LogP contribution is 2.63. The SMILES string of the molecule is c1ccc2c(c1)Sc1c(-c3ccc(N(c4ccc5c(ccc6c7ccccc7oc56)c4)c4cc5ccccc5c5ccccc45)cc3)cccc1C21c2ccccc2-c2ccccc21. The Morgan fingerprint density at radius 1 is 0.375 bits per heavy atom. The number of furan rings is 1. The van der Waals surface area contributed by atoms with Crippen LogP contribution in [-0.4, -0.2) is 0 Å². The number of hydrogen-bond donors (Lipinski definition) is 0. The fourth-order valence-electron chi connectivity index (χ4n) is 11.2. The van der Waals surface area contributed by atoms with Crippen molar-refractivity contribution in [3.63, 3.8) is 0 Å². The molecule has 1 spiro atoms. The molecule has 298 valence electrons. The minimum Gasteiger partial charge on any atom is -0.455 e. The van der Waals surface area contributed by atoms with Gasteiger partial charge in [-0.2, -0.15) is 0 Å². The maximum atomic E-state index is 6.51. The van der Waals surface area contributed by atoms with Crippen molar-refractivity contribution in [1.29, 1.82) is 0 Å². The number of benzene rings is 11. The van der Waals surface area contributed by atoms with E-state index in [9.17, 15) is 0 Å². The van der Waals surface area contributed by atoms with Gasteiger partial charge in [0.25, 0.3) is 0 Å². The van der Waals surface area contributed by atoms with E-state index < -0.39 is 5.41 Å². The molecule has 11 aromatic carbocycles. The van der Waals surface area contributed by atoms with Gasteiger partial charge in [-0.3, -0.25) is 0 Å². The first-order valence-corrected chi connectivity index (χ1v) is 22.8. The Balaban J connectivity index is 0.961. The van der Waals surface area contributed by atoms with Crippen LogP contribution in [0.5, 0.6) is 0 Å². The molecule has 0 saturated carbocycles. The fraction of sp³-hybridized carbons (Fsp3) is 0.0164. The molecule has 2 nitrogen and oxygen atoms in total. The zero-order chi connectivity index (χ0) is 41.9. The number of rotatable bonds is 4. The highest BCUT2D eigenvalue weighted by molar-refractivity contribution is 7.99. The summed E-state index contributed by atoms with van der Waals surface area (Å²) in [5.41, 5.74) is 15.2. The molecule has 1 aromatic heterocycles. The van der Waals surface area contributed by atoms with Crippen LogP contribution >= 0.6 is 11.8 Å². The number of hydrogen-bond acceptors (Lipinski definition) is 3. The van der Waals surface area contributed by atoms with Gasteiger partial charge < -0.3 is 9.32 Å². The van der Waals surface area contributed by atoms with E-state index in [0.29, 0.717) is 0 Å². The highest BCUT2D eigenvalue weighted by Gasteiger charge is 2.50. The van der Waals surface area contributed by atoms with E-state index in [1.54, 1.807) is 0 Å². The molecule has 1 aliphatic heterocycles. The van der Waals surface area contributed by atoms with Crippen molar-refractivity contribution in [2.75, 3.05) is 4.90 Å². The van der Waals surface area contributed by atoms with Crippen LogP contribution in [-0.2, 0) is 5.41 Å². The lowest BCUT2D eigenvalue weighted by atomic mass is 9.67. The van der Waals surface area contributed by atoms with E-state index in [1.165, 1.54) is 75.8 Å². The van der Waals surface area contributed by atoms with Gasteiger partial charge in [-0.1, -0.05) is 182 Å². The van der Waals surface area contributed by atoms with E-state index in [1.807, 2.05) is 17.8 Å². The van der Waals surface area contributed by atoms with Gasteiger partial charge in [0.2, 0.25) is 0 Å². The molecule has 3 heteroatoms. The smallest absolute Gasteiger partial charge is 0.143 e. The second kappa shape index (κ2) is 13.6. The third-order valence-electron chi connectivity index (χ3n) is 13.9. The number of nitrogens with zero attached hydrogens (tertiary/aromatic N) is 1. The maximum Gasteiger partial charge on any atom is 0.143 e. The number of anilines is 3. The largest absolute Gasteiger partial charge is 0.455 e. The Hall–Kier alpha value is -7.85. The summed E-state index contributed by atoms with van der Waals surface area (Å²) in [5.74, 6) is 0. The van der Waals surface area contributed by atoms with Crippen LogP contribution in [0, 0.1) is 0 Å². The van der Waals surface area contributed by atoms with Crippen LogP contribution < -0.4 is 4.90 Å². The van der Waals surface area contributed by atoms with E-state index in [-0.39, 0.29) is 0 Å². The van der Waals surface area contributed by atoms with Gasteiger partial charge in [-0.05, 0) is 121 Å². The summed E-state index contributed by atoms with van der Waals surface area (Å²) in [5, 5.41) is 9.42. The van der Waals surface area contributed by atoms with Crippen molar-refractivity contribution in [1.82, 2.24) is 0 Å². The zero-order valence-corrected chi connectivity index (χ0v) is 35.4. The van der Waals surface area contributed by atoms with Gasteiger partial charge in [0.05, 0.1) is 11.1 Å². The predicted molar refractivity (Wildman–Crippen MR) is 268 cm³/mol. The Bertz CT molecular complexity index is 3850. The molecular formula is C61H37NOS. The fourth-order valence-corrected chi connectivity index (χ4v) is 12.5. The average molecular weight is 832 g/mol. The van der Waals surface area contributed by atoms with Crippen LogP contribution in [0.1, 0.15) is 22.3 Å². The molecule has 2 aliphatic rings. The molecule has 0 fully saturated rings. The highest BCUT2D eigenvalue weighted by atomic mass is 32.2. The van der Waals surface area contributed by atoms with Crippen LogP contribution in [0.15, 0.2) is 239 Å². The van der Waals surface area contributed by atoms with Crippen molar-refractivity contribution in [2.45, 2.75) is 15.2 Å². The van der Waals surface area contributed by atoms with Crippen LogP contribution in [0.25, 0.3) is 76.5 Å². The molecule has 14 rings (SSSR count). The van der Waals surface area contributed by atoms with Crippen molar-refractivity contribution < 1.29 is 4.42 Å². The van der Waals surface area contributed by atoms with E-state index in [2.05, 4.69) is 223 Å². The molecule has 12 aromatic rings. The quantitative estimate of drug-likeness (QED) is 0.164. The van der Waals surface area contributed by atoms with Gasteiger partial charge in [0.15, 0.2) is 0 Å². The molecule has 2 heterocycles. The second-order valence-electron chi connectivity index (χ2n) is 17.1. The van der Waals surface area contributed by atoms with Crippen molar-refractivity contribution in [3.05, 3.63) is 247 Å². The molecule has 64 heavy (non-hydrogen) atoms. The van der Waals surface area contributed by atoms with Gasteiger partial charge in [-0.15, -0.1) is 0 Å². The molecule has 0 unspecified atom stereocenters. The lowest BCUT2D eigenvalue weighted by Crippen LogP contribution is -2.32. The molecule has 0 N–H and O–H groups in total. The molecule has 0 radical (unpaired) electrons. The summed E-state index contributed by atoms with van der Waals surface area (Å²) in [6.07, 6.45) is 0. The van der Waals surface area contributed by atoms with E-state index in [4.69, 9.17) is 4.42 Å². The summed E-state index contributed by atoms with van der Waals surface area (Å²) in [6.45, 7) is 0. The minimum atomic E-state index is -0.418. The maximum absolute atomic E-state index is 6.51. The third kappa shape index (κ3) is 4.93. The van der Waals surface area contributed by atoms with Crippen LogP contribution in [0.3, 0.4) is 0 Å². The second-order valence-corrected chi connectivity index (χ2v) is 18.2. The normalized spacial score (nSPS) is 13.4. The Kier molecular flexibility index (Phi) is 7.57. The Morgan fingerprint density at radius 2 is 0.969 bits per heavy atom. The van der Waals surface area contributed by atoms with E-state index >= 15 is 0 Å². The van der Waals surface area contributed by atoms with Crippen LogP contribution in [0.2, 0.25) is 0 Å². The lowest BCUT2D eigenvalue weighted by Gasteiger charge is -2.40. The molecule has 1 aliphatic carbocycles. The topological polar surface area (TPSA) is 16.4 Å². The summed E-state index contributed by atoms with van der Waals surface area (Å²) >= 11 is 1.91. The summed E-state index contributed by atoms with van der Waals surface area (Å²) in [4.78, 5) is 5.05. The molecule has 0 bridgehead atoms. The molecule has 0 atom stereocenters. The first kappa shape index (κ1) is 35.7. The van der Waals surface area contributed by atoms with Crippen LogP contribution in [0.4, 0.5) is 17.1 Å². The van der Waals surface area contributed by atoms with Gasteiger partial charge in [-0.25, -0.2) is 0 Å². The summed E-state index contributed by atoms with van der Waals surface area (Å²) < 4.78 is 6.51. The first-order valence-electron chi connectivity index (χ1n) is 22.0. The van der Waals surface area contributed by atoms with Gasteiger partial charge >= 0.3 is 0 Å². The van der Waals surface area contributed by atoms with Crippen molar-refractivity contribution in [3.8, 4) is 22.3 Å². The zero-order valence-electron chi connectivity index (χ0n) is 34.6. The number of para-hydroxylation sites is 1. The monoisotopic (exact) mass is 831 g/mol. The lowest BCUT2D eigenvalue weighted by molar-refractivity contribution is 0.672.